The lowest BCUT2D eigenvalue weighted by Gasteiger charge is -2.10. The van der Waals surface area contributed by atoms with Crippen LogP contribution in [0.25, 0.3) is 0 Å². The fourth-order valence-electron chi connectivity index (χ4n) is 1.67. The number of hydrogen-bond donors (Lipinski definition) is 2. The quantitative estimate of drug-likeness (QED) is 0.635. The lowest BCUT2D eigenvalue weighted by atomic mass is 10.3. The summed E-state index contributed by atoms with van der Waals surface area (Å²) in [7, 11) is -2.47. The zero-order valence-electron chi connectivity index (χ0n) is 11.2. The van der Waals surface area contributed by atoms with Crippen molar-refractivity contribution in [2.45, 2.75) is 11.8 Å². The number of sulfonamides is 1. The number of aryl methyl sites for hydroxylation is 1. The maximum Gasteiger partial charge on any atom is 0.271 e. The minimum absolute atomic E-state index is 0.0351. The molecule has 0 amide bonds. The van der Waals surface area contributed by atoms with Gasteiger partial charge in [0.2, 0.25) is 0 Å². The molecule has 0 radical (unpaired) electrons. The molecule has 0 spiro atoms. The summed E-state index contributed by atoms with van der Waals surface area (Å²) in [4.78, 5) is 9.98. The van der Waals surface area contributed by atoms with E-state index in [9.17, 15) is 18.5 Å². The molecule has 2 aromatic rings. The van der Waals surface area contributed by atoms with Crippen LogP contribution in [0, 0.1) is 17.0 Å². The molecule has 21 heavy (non-hydrogen) atoms. The van der Waals surface area contributed by atoms with Crippen molar-refractivity contribution < 1.29 is 17.9 Å². The molecule has 2 N–H and O–H groups in total. The molecule has 0 unspecified atom stereocenters. The number of aromatic nitrogens is 1. The summed E-state index contributed by atoms with van der Waals surface area (Å²) in [5.41, 5.74) is -0.104. The summed E-state index contributed by atoms with van der Waals surface area (Å²) >= 11 is 0. The van der Waals surface area contributed by atoms with Gasteiger partial charge < -0.3 is 9.84 Å². The van der Waals surface area contributed by atoms with Gasteiger partial charge in [-0.2, -0.15) is 0 Å². The molecule has 1 aromatic heterocycles. The van der Waals surface area contributed by atoms with Crippen LogP contribution >= 0.6 is 0 Å². The number of nitro benzene ring substituents is 1. The number of nitrogens with zero attached hydrogens (tertiary/aromatic N) is 2. The summed E-state index contributed by atoms with van der Waals surface area (Å²) in [5, 5.41) is 16.9. The Hall–Kier alpha value is -2.62. The van der Waals surface area contributed by atoms with E-state index in [4.69, 9.17) is 4.52 Å². The Bertz CT molecular complexity index is 784. The average Bonchev–Trinajstić information content (AvgIpc) is 2.82. The van der Waals surface area contributed by atoms with Crippen molar-refractivity contribution in [2.24, 2.45) is 0 Å². The summed E-state index contributed by atoms with van der Waals surface area (Å²) in [6.45, 7) is 1.62. The summed E-state index contributed by atoms with van der Waals surface area (Å²) in [5.74, 6) is 0.484. The molecule has 2 rings (SSSR count). The van der Waals surface area contributed by atoms with Gasteiger partial charge in [0.15, 0.2) is 5.82 Å². The summed E-state index contributed by atoms with van der Waals surface area (Å²) < 4.78 is 31.5. The average molecular weight is 312 g/mol. The van der Waals surface area contributed by atoms with E-state index in [1.165, 1.54) is 13.1 Å². The van der Waals surface area contributed by atoms with Crippen LogP contribution in [-0.4, -0.2) is 25.5 Å². The van der Waals surface area contributed by atoms with E-state index in [1.54, 1.807) is 6.92 Å². The second kappa shape index (κ2) is 5.40. The Labute approximate surface area is 120 Å². The number of anilines is 2. The van der Waals surface area contributed by atoms with Crippen molar-refractivity contribution in [3.8, 4) is 0 Å². The van der Waals surface area contributed by atoms with Crippen LogP contribution in [0.4, 0.5) is 17.2 Å². The highest BCUT2D eigenvalue weighted by Crippen LogP contribution is 2.27. The van der Waals surface area contributed by atoms with Gasteiger partial charge in [0, 0.05) is 25.2 Å². The number of nitrogens with one attached hydrogen (secondary N) is 2. The SMILES string of the molecule is CNc1cc([N+](=O)[O-])ccc1S(=O)(=O)Nc1cc(C)on1. The van der Waals surface area contributed by atoms with Crippen molar-refractivity contribution in [2.75, 3.05) is 17.1 Å². The molecule has 10 heteroatoms. The van der Waals surface area contributed by atoms with Gasteiger partial charge in [0.25, 0.3) is 15.7 Å². The lowest BCUT2D eigenvalue weighted by molar-refractivity contribution is -0.384. The second-order valence-electron chi connectivity index (χ2n) is 4.12. The highest BCUT2D eigenvalue weighted by Gasteiger charge is 2.22. The molecule has 1 aromatic carbocycles. The molecular formula is C11H12N4O5S. The van der Waals surface area contributed by atoms with Crippen molar-refractivity contribution in [1.29, 1.82) is 0 Å². The Balaban J connectivity index is 2.42. The Morgan fingerprint density at radius 1 is 1.33 bits per heavy atom. The minimum Gasteiger partial charge on any atom is -0.387 e. The van der Waals surface area contributed by atoms with Gasteiger partial charge in [-0.05, 0) is 13.0 Å². The van der Waals surface area contributed by atoms with Gasteiger partial charge in [-0.25, -0.2) is 8.42 Å². The molecule has 0 saturated carbocycles. The first-order chi connectivity index (χ1) is 9.83. The minimum atomic E-state index is -3.94. The second-order valence-corrected chi connectivity index (χ2v) is 5.77. The molecule has 112 valence electrons. The molecule has 0 saturated heterocycles. The fourth-order valence-corrected chi connectivity index (χ4v) is 2.85. The van der Waals surface area contributed by atoms with Crippen LogP contribution in [-0.2, 0) is 10.0 Å². The largest absolute Gasteiger partial charge is 0.387 e. The van der Waals surface area contributed by atoms with E-state index in [-0.39, 0.29) is 22.1 Å². The summed E-state index contributed by atoms with van der Waals surface area (Å²) in [6, 6.07) is 4.83. The predicted octanol–water partition coefficient (Wildman–Crippen LogP) is 1.73. The third kappa shape index (κ3) is 3.11. The third-order valence-corrected chi connectivity index (χ3v) is 4.01. The fraction of sp³-hybridized carbons (Fsp3) is 0.182. The third-order valence-electron chi connectivity index (χ3n) is 2.60. The number of non-ortho nitro benzene ring substituents is 1. The molecule has 0 fully saturated rings. The molecule has 9 nitrogen and oxygen atoms in total. The zero-order valence-corrected chi connectivity index (χ0v) is 12.0. The highest BCUT2D eigenvalue weighted by atomic mass is 32.2. The monoisotopic (exact) mass is 312 g/mol. The van der Waals surface area contributed by atoms with Gasteiger partial charge >= 0.3 is 0 Å². The number of nitro groups is 1. The standard InChI is InChI=1S/C11H12N4O5S/c1-7-5-11(13-20-7)14-21(18,19)10-4-3-8(15(16)17)6-9(10)12-2/h3-6,12H,1-2H3,(H,13,14). The topological polar surface area (TPSA) is 127 Å². The molecule has 0 aliphatic rings. The van der Waals surface area contributed by atoms with Gasteiger partial charge in [-0.1, -0.05) is 5.16 Å². The lowest BCUT2D eigenvalue weighted by Crippen LogP contribution is -2.15. The first-order valence-corrected chi connectivity index (χ1v) is 7.24. The number of hydrogen-bond acceptors (Lipinski definition) is 7. The van der Waals surface area contributed by atoms with E-state index in [1.807, 2.05) is 0 Å². The van der Waals surface area contributed by atoms with E-state index in [2.05, 4.69) is 15.2 Å². The van der Waals surface area contributed by atoms with E-state index < -0.39 is 14.9 Å². The first kappa shape index (κ1) is 14.8. The molecule has 0 bridgehead atoms. The van der Waals surface area contributed by atoms with Crippen molar-refractivity contribution >= 4 is 27.2 Å². The van der Waals surface area contributed by atoms with E-state index >= 15 is 0 Å². The number of benzene rings is 1. The normalized spacial score (nSPS) is 11.1. The maximum atomic E-state index is 12.3. The van der Waals surface area contributed by atoms with Gasteiger partial charge in [-0.15, -0.1) is 0 Å². The smallest absolute Gasteiger partial charge is 0.271 e. The van der Waals surface area contributed by atoms with E-state index in [0.29, 0.717) is 5.76 Å². The Kier molecular flexibility index (Phi) is 3.80. The zero-order chi connectivity index (χ0) is 15.6. The Morgan fingerprint density at radius 2 is 2.05 bits per heavy atom. The Morgan fingerprint density at radius 3 is 2.57 bits per heavy atom. The van der Waals surface area contributed by atoms with Crippen LogP contribution in [0.2, 0.25) is 0 Å². The van der Waals surface area contributed by atoms with Crippen molar-refractivity contribution in [1.82, 2.24) is 5.16 Å². The van der Waals surface area contributed by atoms with Crippen LogP contribution < -0.4 is 10.0 Å². The van der Waals surface area contributed by atoms with Gasteiger partial charge in [-0.3, -0.25) is 14.8 Å². The van der Waals surface area contributed by atoms with Crippen LogP contribution in [0.3, 0.4) is 0 Å². The van der Waals surface area contributed by atoms with Crippen molar-refractivity contribution in [3.63, 3.8) is 0 Å². The summed E-state index contributed by atoms with van der Waals surface area (Å²) in [6.07, 6.45) is 0. The first-order valence-electron chi connectivity index (χ1n) is 5.76. The number of rotatable bonds is 5. The van der Waals surface area contributed by atoms with Crippen molar-refractivity contribution in [3.05, 3.63) is 40.1 Å². The molecule has 0 aliphatic carbocycles. The maximum absolute atomic E-state index is 12.3. The van der Waals surface area contributed by atoms with Crippen LogP contribution in [0.15, 0.2) is 33.7 Å². The van der Waals surface area contributed by atoms with Crippen LogP contribution in [0.1, 0.15) is 5.76 Å². The predicted molar refractivity (Wildman–Crippen MR) is 74.7 cm³/mol. The molecule has 0 aliphatic heterocycles. The van der Waals surface area contributed by atoms with Crippen LogP contribution in [0.5, 0.6) is 0 Å². The van der Waals surface area contributed by atoms with Gasteiger partial charge in [0.1, 0.15) is 10.7 Å². The van der Waals surface area contributed by atoms with E-state index in [0.717, 1.165) is 18.2 Å². The highest BCUT2D eigenvalue weighted by molar-refractivity contribution is 7.92. The molecular weight excluding hydrogens is 300 g/mol. The van der Waals surface area contributed by atoms with Gasteiger partial charge in [0.05, 0.1) is 10.6 Å². The molecule has 0 atom stereocenters. The molecule has 1 heterocycles.